The second-order valence-electron chi connectivity index (χ2n) is 3.80. The summed E-state index contributed by atoms with van der Waals surface area (Å²) in [6, 6.07) is 6.45. The third-order valence-electron chi connectivity index (χ3n) is 2.67. The summed E-state index contributed by atoms with van der Waals surface area (Å²) in [7, 11) is 0. The lowest BCUT2D eigenvalue weighted by atomic mass is 10.1. The first kappa shape index (κ1) is 18.1. The van der Waals surface area contributed by atoms with E-state index in [-0.39, 0.29) is 21.0 Å². The molecule has 0 spiro atoms. The predicted molar refractivity (Wildman–Crippen MR) is 85.8 cm³/mol. The average molecular weight is 336 g/mol. The number of thiophene rings is 1. The highest BCUT2D eigenvalue weighted by atomic mass is 32.1. The first-order valence-electron chi connectivity index (χ1n) is 5.84. The van der Waals surface area contributed by atoms with Crippen LogP contribution in [-0.2, 0) is 0 Å². The fraction of sp³-hybridized carbons (Fsp3) is 0. The number of hydrogen-bond donors (Lipinski definition) is 0. The van der Waals surface area contributed by atoms with Crippen molar-refractivity contribution in [3.05, 3.63) is 72.4 Å². The number of allylic oxidation sites excluding steroid dienone is 3. The van der Waals surface area contributed by atoms with Crippen LogP contribution in [0.2, 0.25) is 0 Å². The van der Waals surface area contributed by atoms with Crippen LogP contribution in [0, 0.1) is 71.6 Å². The van der Waals surface area contributed by atoms with Crippen LogP contribution in [0.15, 0.2) is 11.4 Å². The van der Waals surface area contributed by atoms with Gasteiger partial charge in [0, 0.05) is 9.75 Å². The van der Waals surface area contributed by atoms with Crippen molar-refractivity contribution in [2.75, 3.05) is 0 Å². The second-order valence-corrected chi connectivity index (χ2v) is 4.82. The van der Waals surface area contributed by atoms with Crippen molar-refractivity contribution in [3.8, 4) is 24.3 Å². The van der Waals surface area contributed by atoms with E-state index in [0.29, 0.717) is 11.3 Å². The molecule has 0 atom stereocenters. The Morgan fingerprint density at radius 1 is 0.800 bits per heavy atom. The van der Waals surface area contributed by atoms with E-state index in [0.717, 1.165) is 0 Å². The lowest BCUT2D eigenvalue weighted by molar-refractivity contribution is 1.47. The molecule has 0 radical (unpaired) electrons. The van der Waals surface area contributed by atoms with Gasteiger partial charge in [0.2, 0.25) is 11.4 Å². The zero-order valence-electron chi connectivity index (χ0n) is 12.0. The quantitative estimate of drug-likeness (QED) is 0.602. The maximum atomic E-state index is 9.32. The van der Waals surface area contributed by atoms with Crippen LogP contribution >= 0.6 is 11.3 Å². The van der Waals surface area contributed by atoms with Gasteiger partial charge >= 0.3 is 0 Å². The van der Waals surface area contributed by atoms with Crippen LogP contribution < -0.4 is 0 Å². The molecule has 0 saturated heterocycles. The van der Waals surface area contributed by atoms with Gasteiger partial charge in [-0.05, 0) is 0 Å². The number of nitrogens with zero attached hydrogens (tertiary/aromatic N) is 8. The highest BCUT2D eigenvalue weighted by Gasteiger charge is 2.26. The van der Waals surface area contributed by atoms with Crippen molar-refractivity contribution in [2.45, 2.75) is 0 Å². The van der Waals surface area contributed by atoms with Gasteiger partial charge in [0.15, 0.2) is 0 Å². The Kier molecular flexibility index (Phi) is 5.75. The summed E-state index contributed by atoms with van der Waals surface area (Å²) in [6.07, 6.45) is 0. The molecule has 0 aliphatic carbocycles. The second kappa shape index (κ2) is 7.92. The van der Waals surface area contributed by atoms with Crippen LogP contribution in [0.4, 0.5) is 5.69 Å². The molecule has 0 N–H and O–H groups in total. The smallest absolute Gasteiger partial charge is 0.249 e. The minimum Gasteiger partial charge on any atom is -0.249 e. The molecule has 0 saturated carbocycles. The molecule has 110 valence electrons. The Morgan fingerprint density at radius 2 is 1.40 bits per heavy atom. The van der Waals surface area contributed by atoms with E-state index >= 15 is 0 Å². The van der Waals surface area contributed by atoms with Gasteiger partial charge in [-0.15, -0.1) is 0 Å². The molecule has 1 heterocycles. The normalized spacial score (nSPS) is 10.6. The van der Waals surface area contributed by atoms with Crippen LogP contribution in [0.1, 0.15) is 15.3 Å². The maximum Gasteiger partial charge on any atom is 0.280 e. The van der Waals surface area contributed by atoms with Crippen molar-refractivity contribution < 1.29 is 0 Å². The van der Waals surface area contributed by atoms with E-state index in [1.165, 1.54) is 6.07 Å². The fourth-order valence-corrected chi connectivity index (χ4v) is 2.84. The molecule has 0 amide bonds. The average Bonchev–Trinajstić information content (AvgIpc) is 3.01. The summed E-state index contributed by atoms with van der Waals surface area (Å²) in [4.78, 5) is 11.9. The molecule has 8 nitrogen and oxygen atoms in total. The van der Waals surface area contributed by atoms with Gasteiger partial charge in [-0.2, -0.15) is 21.9 Å². The van der Waals surface area contributed by atoms with Crippen LogP contribution in [0.3, 0.4) is 0 Å². The van der Waals surface area contributed by atoms with E-state index in [1.54, 1.807) is 18.2 Å². The first-order chi connectivity index (χ1) is 12.1. The number of hydrogen-bond acceptors (Lipinski definition) is 5. The highest BCUT2D eigenvalue weighted by molar-refractivity contribution is 7.15. The molecule has 0 aliphatic rings. The van der Waals surface area contributed by atoms with E-state index in [2.05, 4.69) is 19.4 Å². The van der Waals surface area contributed by atoms with Crippen LogP contribution in [-0.4, -0.2) is 0 Å². The molecule has 0 aliphatic heterocycles. The number of nitriles is 4. The predicted octanol–water partition coefficient (Wildman–Crippen LogP) is 3.88. The van der Waals surface area contributed by atoms with Crippen molar-refractivity contribution in [1.29, 1.82) is 21.0 Å². The molecular formula is C16N8S. The Hall–Kier alpha value is -4.90. The van der Waals surface area contributed by atoms with Crippen molar-refractivity contribution in [1.82, 2.24) is 0 Å². The standard InChI is InChI=1S/C16N8S/c1-21-11(7-19)9(5-17)15-10(6-18)13(23-3)16(25-15)14(24-4)12(8-20)22-2/b11-9-,14-12-. The summed E-state index contributed by atoms with van der Waals surface area (Å²) in [5.74, 6) is 0. The third kappa shape index (κ3) is 3.01. The monoisotopic (exact) mass is 336 g/mol. The Morgan fingerprint density at radius 3 is 1.76 bits per heavy atom. The summed E-state index contributed by atoms with van der Waals surface area (Å²) < 4.78 is 0. The minimum absolute atomic E-state index is 0.123. The highest BCUT2D eigenvalue weighted by Crippen LogP contribution is 2.44. The van der Waals surface area contributed by atoms with E-state index in [9.17, 15) is 10.5 Å². The van der Waals surface area contributed by atoms with Crippen LogP contribution in [0.25, 0.3) is 30.7 Å². The maximum absolute atomic E-state index is 9.32. The lowest BCUT2D eigenvalue weighted by Gasteiger charge is -1.96. The van der Waals surface area contributed by atoms with Gasteiger partial charge in [0.25, 0.3) is 11.4 Å². The minimum atomic E-state index is -0.567. The molecule has 1 aromatic heterocycles. The summed E-state index contributed by atoms with van der Waals surface area (Å²) in [5.41, 5.74) is -2.55. The third-order valence-corrected chi connectivity index (χ3v) is 3.87. The van der Waals surface area contributed by atoms with Crippen molar-refractivity contribution >= 4 is 28.3 Å². The van der Waals surface area contributed by atoms with Gasteiger partial charge in [-0.1, -0.05) is 0 Å². The zero-order valence-corrected chi connectivity index (χ0v) is 12.8. The fourth-order valence-electron chi connectivity index (χ4n) is 1.66. The Labute approximate surface area is 146 Å². The Balaban J connectivity index is 4.13. The molecule has 0 fully saturated rings. The lowest BCUT2D eigenvalue weighted by Crippen LogP contribution is -1.85. The molecule has 0 aromatic carbocycles. The molecular weight excluding hydrogens is 336 g/mol. The largest absolute Gasteiger partial charge is 0.280 e. The van der Waals surface area contributed by atoms with Gasteiger partial charge in [0.1, 0.15) is 0 Å². The van der Waals surface area contributed by atoms with E-state index in [1.807, 2.05) is 0 Å². The first-order valence-corrected chi connectivity index (χ1v) is 6.66. The summed E-state index contributed by atoms with van der Waals surface area (Å²) in [6.45, 7) is 28.3. The van der Waals surface area contributed by atoms with Crippen molar-refractivity contribution in [2.24, 2.45) is 0 Å². The molecule has 9 heteroatoms. The molecule has 1 rings (SSSR count). The Bertz CT molecular complexity index is 1040. The van der Waals surface area contributed by atoms with E-state index < -0.39 is 22.7 Å². The molecule has 0 bridgehead atoms. The zero-order chi connectivity index (χ0) is 19.0. The summed E-state index contributed by atoms with van der Waals surface area (Å²) >= 11 is 0.642. The van der Waals surface area contributed by atoms with Gasteiger partial charge in [-0.25, -0.2) is 29.9 Å². The van der Waals surface area contributed by atoms with Gasteiger partial charge in [-0.3, -0.25) is 0 Å². The van der Waals surface area contributed by atoms with Gasteiger partial charge in [0.05, 0.1) is 61.7 Å². The summed E-state index contributed by atoms with van der Waals surface area (Å²) in [5, 5.41) is 36.5. The van der Waals surface area contributed by atoms with Crippen molar-refractivity contribution in [3.63, 3.8) is 0 Å². The molecule has 1 aromatic rings. The van der Waals surface area contributed by atoms with Crippen LogP contribution in [0.5, 0.6) is 0 Å². The molecule has 0 unspecified atom stereocenters. The molecule has 25 heavy (non-hydrogen) atoms. The van der Waals surface area contributed by atoms with E-state index in [4.69, 9.17) is 36.8 Å². The number of rotatable bonds is 2. The SMILES string of the molecule is [C-]#[N+]/C(C#N)=C(/C#N)c1sc(/C([N+]#[C-])=C(\C#N)[N+]#[C-])c([N+]#[C-])c1C#N. The van der Waals surface area contributed by atoms with Gasteiger partial charge < -0.3 is 0 Å². The topological polar surface area (TPSA) is 113 Å².